The van der Waals surface area contributed by atoms with Crippen molar-refractivity contribution in [1.29, 1.82) is 0 Å². The lowest BCUT2D eigenvalue weighted by Crippen LogP contribution is -2.00. The molecule has 0 unspecified atom stereocenters. The maximum Gasteiger partial charge on any atom is 0.0898 e. The number of hydrogen-bond acceptors (Lipinski definition) is 4. The zero-order valence-electron chi connectivity index (χ0n) is 9.40. The van der Waals surface area contributed by atoms with E-state index in [-0.39, 0.29) is 0 Å². The van der Waals surface area contributed by atoms with Gasteiger partial charge in [0.1, 0.15) is 0 Å². The summed E-state index contributed by atoms with van der Waals surface area (Å²) >= 11 is 1.67. The molecule has 0 fully saturated rings. The quantitative estimate of drug-likeness (QED) is 0.744. The molecule has 86 valence electrons. The minimum atomic E-state index is 0.739. The molecule has 2 N–H and O–H groups in total. The topological polar surface area (TPSA) is 53.6 Å². The van der Waals surface area contributed by atoms with Crippen molar-refractivity contribution < 1.29 is 0 Å². The maximum absolute atomic E-state index is 4.42. The Morgan fingerprint density at radius 2 is 2.35 bits per heavy atom. The number of benzene rings is 1. The van der Waals surface area contributed by atoms with Gasteiger partial charge in [0.25, 0.3) is 0 Å². The van der Waals surface area contributed by atoms with Gasteiger partial charge < -0.3 is 5.32 Å². The van der Waals surface area contributed by atoms with Crippen LogP contribution < -0.4 is 5.32 Å². The smallest absolute Gasteiger partial charge is 0.0898 e. The van der Waals surface area contributed by atoms with Crippen molar-refractivity contribution in [3.05, 3.63) is 40.5 Å². The third-order valence-electron chi connectivity index (χ3n) is 2.60. The van der Waals surface area contributed by atoms with Crippen LogP contribution in [0, 0.1) is 6.92 Å². The summed E-state index contributed by atoms with van der Waals surface area (Å²) in [6.45, 7) is 2.76. The second-order valence-electron chi connectivity index (χ2n) is 3.85. The van der Waals surface area contributed by atoms with Gasteiger partial charge in [-0.3, -0.25) is 5.10 Å². The number of aromatic nitrogens is 3. The highest BCUT2D eigenvalue weighted by Gasteiger charge is 2.03. The number of thiazole rings is 1. The number of fused-ring (bicyclic) bond motifs is 1. The van der Waals surface area contributed by atoms with Crippen LogP contribution in [-0.2, 0) is 6.54 Å². The van der Waals surface area contributed by atoms with Crippen LogP contribution in [0.25, 0.3) is 10.9 Å². The molecule has 2 heterocycles. The molecule has 0 radical (unpaired) electrons. The number of anilines is 1. The fourth-order valence-corrected chi connectivity index (χ4v) is 2.40. The van der Waals surface area contributed by atoms with E-state index in [4.69, 9.17) is 0 Å². The molecule has 3 aromatic rings. The number of H-pyrrole nitrogens is 1. The molecule has 0 atom stereocenters. The maximum atomic E-state index is 4.42. The third-order valence-corrected chi connectivity index (χ3v) is 3.43. The zero-order valence-corrected chi connectivity index (χ0v) is 10.2. The summed E-state index contributed by atoms with van der Waals surface area (Å²) in [5.41, 5.74) is 3.18. The lowest BCUT2D eigenvalue weighted by atomic mass is 10.2. The van der Waals surface area contributed by atoms with E-state index in [1.54, 1.807) is 11.3 Å². The fraction of sp³-hybridized carbons (Fsp3) is 0.167. The Hall–Kier alpha value is -1.88. The first kappa shape index (κ1) is 10.3. The van der Waals surface area contributed by atoms with Crippen molar-refractivity contribution in [2.45, 2.75) is 13.5 Å². The van der Waals surface area contributed by atoms with Crippen LogP contribution in [0.3, 0.4) is 0 Å². The molecule has 3 rings (SSSR count). The molecule has 2 aromatic heterocycles. The molecule has 0 aliphatic carbocycles. The van der Waals surface area contributed by atoms with Gasteiger partial charge in [-0.25, -0.2) is 4.98 Å². The summed E-state index contributed by atoms with van der Waals surface area (Å²) in [7, 11) is 0. The Bertz CT molecular complexity index is 641. The molecule has 0 spiro atoms. The Balaban J connectivity index is 1.83. The standard InChI is InChI=1S/C12H12N4S/c1-8-15-10(7-17-8)6-13-11-4-2-3-9-5-14-16-12(9)11/h2-5,7,13H,6H2,1H3,(H,14,16). The Kier molecular flexibility index (Phi) is 2.53. The van der Waals surface area contributed by atoms with Gasteiger partial charge in [-0.15, -0.1) is 11.3 Å². The molecule has 0 aliphatic rings. The molecule has 0 saturated carbocycles. The van der Waals surface area contributed by atoms with Crippen molar-refractivity contribution in [2.75, 3.05) is 5.32 Å². The number of rotatable bonds is 3. The average molecular weight is 244 g/mol. The van der Waals surface area contributed by atoms with Crippen molar-refractivity contribution >= 4 is 27.9 Å². The van der Waals surface area contributed by atoms with Crippen molar-refractivity contribution in [1.82, 2.24) is 15.2 Å². The molecule has 0 saturated heterocycles. The van der Waals surface area contributed by atoms with Crippen LogP contribution in [0.4, 0.5) is 5.69 Å². The van der Waals surface area contributed by atoms with Crippen LogP contribution in [0.1, 0.15) is 10.7 Å². The second kappa shape index (κ2) is 4.18. The first-order chi connectivity index (χ1) is 8.33. The minimum Gasteiger partial charge on any atom is -0.378 e. The molecule has 17 heavy (non-hydrogen) atoms. The van der Waals surface area contributed by atoms with Crippen LogP contribution in [-0.4, -0.2) is 15.2 Å². The van der Waals surface area contributed by atoms with Gasteiger partial charge in [-0.1, -0.05) is 12.1 Å². The number of aromatic amines is 1. The molecule has 5 heteroatoms. The van der Waals surface area contributed by atoms with Gasteiger partial charge in [-0.05, 0) is 13.0 Å². The zero-order chi connectivity index (χ0) is 11.7. The summed E-state index contributed by atoms with van der Waals surface area (Å²) in [5, 5.41) is 14.7. The SMILES string of the molecule is Cc1nc(CNc2cccc3cn[nH]c23)cs1. The molecule has 1 aromatic carbocycles. The van der Waals surface area contributed by atoms with Crippen molar-refractivity contribution in [3.8, 4) is 0 Å². The summed E-state index contributed by atoms with van der Waals surface area (Å²) < 4.78 is 0. The summed E-state index contributed by atoms with van der Waals surface area (Å²) in [6.07, 6.45) is 1.83. The van der Waals surface area contributed by atoms with Crippen LogP contribution >= 0.6 is 11.3 Å². The second-order valence-corrected chi connectivity index (χ2v) is 4.91. The third kappa shape index (κ3) is 2.01. The molecule has 0 amide bonds. The lowest BCUT2D eigenvalue weighted by Gasteiger charge is -2.05. The predicted octanol–water partition coefficient (Wildman–Crippen LogP) is 2.94. The normalized spacial score (nSPS) is 10.9. The van der Waals surface area contributed by atoms with Crippen molar-refractivity contribution in [2.24, 2.45) is 0 Å². The summed E-state index contributed by atoms with van der Waals surface area (Å²) in [5.74, 6) is 0. The Labute approximate surface area is 103 Å². The van der Waals surface area contributed by atoms with Gasteiger partial charge in [0, 0.05) is 10.8 Å². The van der Waals surface area contributed by atoms with E-state index in [9.17, 15) is 0 Å². The van der Waals surface area contributed by atoms with E-state index >= 15 is 0 Å². The van der Waals surface area contributed by atoms with Gasteiger partial charge >= 0.3 is 0 Å². The van der Waals surface area contributed by atoms with E-state index in [1.165, 1.54) is 0 Å². The van der Waals surface area contributed by atoms with Gasteiger partial charge in [-0.2, -0.15) is 5.10 Å². The highest BCUT2D eigenvalue weighted by Crippen LogP contribution is 2.21. The number of para-hydroxylation sites is 1. The first-order valence-corrected chi connectivity index (χ1v) is 6.28. The van der Waals surface area contributed by atoms with E-state index in [0.29, 0.717) is 0 Å². The largest absolute Gasteiger partial charge is 0.378 e. The molecule has 0 bridgehead atoms. The Morgan fingerprint density at radius 1 is 1.41 bits per heavy atom. The highest BCUT2D eigenvalue weighted by molar-refractivity contribution is 7.09. The van der Waals surface area contributed by atoms with E-state index < -0.39 is 0 Å². The average Bonchev–Trinajstić information content (AvgIpc) is 2.94. The first-order valence-electron chi connectivity index (χ1n) is 5.40. The molecule has 4 nitrogen and oxygen atoms in total. The van der Waals surface area contributed by atoms with Crippen LogP contribution in [0.2, 0.25) is 0 Å². The summed E-state index contributed by atoms with van der Waals surface area (Å²) in [6, 6.07) is 6.10. The molecule has 0 aliphatic heterocycles. The number of nitrogens with one attached hydrogen (secondary N) is 2. The van der Waals surface area contributed by atoms with Gasteiger partial charge in [0.2, 0.25) is 0 Å². The number of nitrogens with zero attached hydrogens (tertiary/aromatic N) is 2. The lowest BCUT2D eigenvalue weighted by molar-refractivity contribution is 1.05. The number of hydrogen-bond donors (Lipinski definition) is 2. The number of aryl methyl sites for hydroxylation is 1. The van der Waals surface area contributed by atoms with Crippen LogP contribution in [0.15, 0.2) is 29.8 Å². The predicted molar refractivity (Wildman–Crippen MR) is 70.3 cm³/mol. The van der Waals surface area contributed by atoms with Crippen molar-refractivity contribution in [3.63, 3.8) is 0 Å². The van der Waals surface area contributed by atoms with Gasteiger partial charge in [0.15, 0.2) is 0 Å². The Morgan fingerprint density at radius 3 is 3.18 bits per heavy atom. The molecular weight excluding hydrogens is 232 g/mol. The van der Waals surface area contributed by atoms with E-state index in [1.807, 2.05) is 31.3 Å². The minimum absolute atomic E-state index is 0.739. The van der Waals surface area contributed by atoms with Gasteiger partial charge in [0.05, 0.1) is 34.6 Å². The van der Waals surface area contributed by atoms with Crippen LogP contribution in [0.5, 0.6) is 0 Å². The fourth-order valence-electron chi connectivity index (χ4n) is 1.79. The summed E-state index contributed by atoms with van der Waals surface area (Å²) in [4.78, 5) is 4.42. The van der Waals surface area contributed by atoms with E-state index in [0.717, 1.165) is 33.8 Å². The monoisotopic (exact) mass is 244 g/mol. The highest BCUT2D eigenvalue weighted by atomic mass is 32.1. The molecular formula is C12H12N4S. The van der Waals surface area contributed by atoms with E-state index in [2.05, 4.69) is 25.9 Å².